The summed E-state index contributed by atoms with van der Waals surface area (Å²) in [6.45, 7) is 1.33. The Morgan fingerprint density at radius 3 is 2.50 bits per heavy atom. The van der Waals surface area contributed by atoms with Crippen LogP contribution in [0.2, 0.25) is 5.02 Å². The van der Waals surface area contributed by atoms with Gasteiger partial charge in [0.15, 0.2) is 0 Å². The van der Waals surface area contributed by atoms with Gasteiger partial charge in [0.2, 0.25) is 11.7 Å². The lowest BCUT2D eigenvalue weighted by molar-refractivity contribution is -0.138. The van der Waals surface area contributed by atoms with Crippen molar-refractivity contribution in [2.75, 3.05) is 5.32 Å². The van der Waals surface area contributed by atoms with Gasteiger partial charge in [0.1, 0.15) is 17.9 Å². The zero-order chi connectivity index (χ0) is 23.5. The standard InChI is InChI=1S/C22H15ClF3N3O3/c1-13-2-4-16(5-3-13)28-19(30)12-29-7-6-18(22(24,25)26)20(21(29)31)32-17-9-14(11-27)8-15(23)10-17/h2-10H,12H2,1H3,(H,28,30). The van der Waals surface area contributed by atoms with Gasteiger partial charge in [0.05, 0.1) is 11.6 Å². The molecule has 0 bridgehead atoms. The summed E-state index contributed by atoms with van der Waals surface area (Å²) in [4.78, 5) is 25.1. The van der Waals surface area contributed by atoms with E-state index >= 15 is 0 Å². The molecule has 0 fully saturated rings. The molecule has 6 nitrogen and oxygen atoms in total. The first-order valence-electron chi connectivity index (χ1n) is 9.12. The van der Waals surface area contributed by atoms with E-state index in [0.717, 1.165) is 22.4 Å². The summed E-state index contributed by atoms with van der Waals surface area (Å²) in [5.41, 5.74) is -1.01. The van der Waals surface area contributed by atoms with Crippen LogP contribution in [0.25, 0.3) is 0 Å². The summed E-state index contributed by atoms with van der Waals surface area (Å²) in [6, 6.07) is 12.9. The van der Waals surface area contributed by atoms with Gasteiger partial charge >= 0.3 is 6.18 Å². The smallest absolute Gasteiger partial charge is 0.420 e. The van der Waals surface area contributed by atoms with Crippen molar-refractivity contribution in [1.29, 1.82) is 5.26 Å². The Bertz CT molecular complexity index is 1260. The normalized spacial score (nSPS) is 11.0. The van der Waals surface area contributed by atoms with Gasteiger partial charge in [0, 0.05) is 16.9 Å². The quantitative estimate of drug-likeness (QED) is 0.570. The minimum absolute atomic E-state index is 0.0368. The van der Waals surface area contributed by atoms with E-state index in [1.54, 1.807) is 30.3 Å². The molecule has 1 amide bonds. The van der Waals surface area contributed by atoms with Crippen LogP contribution in [0.1, 0.15) is 16.7 Å². The highest BCUT2D eigenvalue weighted by Crippen LogP contribution is 2.36. The number of carbonyl (C=O) groups is 1. The van der Waals surface area contributed by atoms with Crippen molar-refractivity contribution in [3.8, 4) is 17.6 Å². The highest BCUT2D eigenvalue weighted by atomic mass is 35.5. The molecular formula is C22H15ClF3N3O3. The van der Waals surface area contributed by atoms with Crippen molar-refractivity contribution < 1.29 is 22.7 Å². The molecule has 1 heterocycles. The summed E-state index contributed by atoms with van der Waals surface area (Å²) >= 11 is 5.86. The number of pyridine rings is 1. The monoisotopic (exact) mass is 461 g/mol. The average molecular weight is 462 g/mol. The van der Waals surface area contributed by atoms with Crippen LogP contribution in [0.15, 0.2) is 59.5 Å². The molecule has 0 aliphatic carbocycles. The number of amides is 1. The molecule has 10 heteroatoms. The Labute approximate surface area is 185 Å². The van der Waals surface area contributed by atoms with Crippen LogP contribution in [0, 0.1) is 18.3 Å². The Balaban J connectivity index is 1.95. The molecule has 1 N–H and O–H groups in total. The van der Waals surface area contributed by atoms with Crippen molar-refractivity contribution in [3.05, 3.63) is 86.8 Å². The molecule has 1 aromatic heterocycles. The van der Waals surface area contributed by atoms with Crippen molar-refractivity contribution in [1.82, 2.24) is 4.57 Å². The molecule has 3 aromatic rings. The summed E-state index contributed by atoms with van der Waals surface area (Å²) in [7, 11) is 0. The summed E-state index contributed by atoms with van der Waals surface area (Å²) < 4.78 is 46.5. The lowest BCUT2D eigenvalue weighted by Crippen LogP contribution is -2.29. The number of benzene rings is 2. The third kappa shape index (κ3) is 5.47. The fourth-order valence-corrected chi connectivity index (χ4v) is 3.02. The number of aromatic nitrogens is 1. The molecule has 0 saturated heterocycles. The lowest BCUT2D eigenvalue weighted by Gasteiger charge is -2.16. The SMILES string of the molecule is Cc1ccc(NC(=O)Cn2ccc(C(F)(F)F)c(Oc3cc(Cl)cc(C#N)c3)c2=O)cc1. The van der Waals surface area contributed by atoms with Gasteiger partial charge in [-0.3, -0.25) is 9.59 Å². The second kappa shape index (κ2) is 9.16. The number of nitrogens with zero attached hydrogens (tertiary/aromatic N) is 2. The van der Waals surface area contributed by atoms with Gasteiger partial charge in [-0.1, -0.05) is 29.3 Å². The minimum atomic E-state index is -4.89. The topological polar surface area (TPSA) is 84.1 Å². The number of halogens is 4. The van der Waals surface area contributed by atoms with Gasteiger partial charge in [-0.25, -0.2) is 0 Å². The van der Waals surface area contributed by atoms with Crippen LogP contribution in [0.4, 0.5) is 18.9 Å². The van der Waals surface area contributed by atoms with E-state index in [0.29, 0.717) is 11.8 Å². The molecule has 0 aliphatic rings. The van der Waals surface area contributed by atoms with Crippen LogP contribution in [0.5, 0.6) is 11.5 Å². The fourth-order valence-electron chi connectivity index (χ4n) is 2.80. The number of rotatable bonds is 5. The first-order valence-corrected chi connectivity index (χ1v) is 9.50. The first kappa shape index (κ1) is 22.9. The molecular weight excluding hydrogens is 447 g/mol. The summed E-state index contributed by atoms with van der Waals surface area (Å²) in [6.07, 6.45) is -4.03. The van der Waals surface area contributed by atoms with Gasteiger partial charge < -0.3 is 14.6 Å². The highest BCUT2D eigenvalue weighted by Gasteiger charge is 2.36. The molecule has 0 unspecified atom stereocenters. The number of hydrogen-bond donors (Lipinski definition) is 1. The minimum Gasteiger partial charge on any atom is -0.451 e. The average Bonchev–Trinajstić information content (AvgIpc) is 2.71. The Kier molecular flexibility index (Phi) is 6.55. The molecule has 32 heavy (non-hydrogen) atoms. The second-order valence-corrected chi connectivity index (χ2v) is 7.23. The maximum Gasteiger partial charge on any atom is 0.420 e. The Morgan fingerprint density at radius 2 is 1.88 bits per heavy atom. The predicted octanol–water partition coefficient (Wildman–Crippen LogP) is 5.13. The van der Waals surface area contributed by atoms with Gasteiger partial charge in [-0.2, -0.15) is 18.4 Å². The second-order valence-electron chi connectivity index (χ2n) is 6.79. The fraction of sp³-hybridized carbons (Fsp3) is 0.136. The zero-order valence-corrected chi connectivity index (χ0v) is 17.3. The van der Waals surface area contributed by atoms with E-state index in [9.17, 15) is 22.8 Å². The number of nitrogens with one attached hydrogen (secondary N) is 1. The molecule has 0 spiro atoms. The molecule has 0 aliphatic heterocycles. The molecule has 2 aromatic carbocycles. The van der Waals surface area contributed by atoms with E-state index in [-0.39, 0.29) is 16.3 Å². The van der Waals surface area contributed by atoms with Crippen molar-refractivity contribution in [3.63, 3.8) is 0 Å². The maximum absolute atomic E-state index is 13.5. The van der Waals surface area contributed by atoms with Crippen LogP contribution in [0.3, 0.4) is 0 Å². The number of aryl methyl sites for hydroxylation is 1. The zero-order valence-electron chi connectivity index (χ0n) is 16.5. The number of hydrogen-bond acceptors (Lipinski definition) is 4. The molecule has 0 saturated carbocycles. The molecule has 3 rings (SSSR count). The third-order valence-corrected chi connectivity index (χ3v) is 4.51. The van der Waals surface area contributed by atoms with E-state index in [2.05, 4.69) is 5.32 Å². The van der Waals surface area contributed by atoms with Crippen molar-refractivity contribution >= 4 is 23.2 Å². The van der Waals surface area contributed by atoms with E-state index in [4.69, 9.17) is 21.6 Å². The van der Waals surface area contributed by atoms with E-state index < -0.39 is 35.5 Å². The molecule has 164 valence electrons. The summed E-state index contributed by atoms with van der Waals surface area (Å²) in [5.74, 6) is -1.87. The van der Waals surface area contributed by atoms with Gasteiger partial charge in [0.25, 0.3) is 5.56 Å². The van der Waals surface area contributed by atoms with Crippen LogP contribution in [-0.4, -0.2) is 10.5 Å². The first-order chi connectivity index (χ1) is 15.1. The van der Waals surface area contributed by atoms with Gasteiger partial charge in [-0.15, -0.1) is 0 Å². The predicted molar refractivity (Wildman–Crippen MR) is 112 cm³/mol. The van der Waals surface area contributed by atoms with Crippen LogP contribution >= 0.6 is 11.6 Å². The Hall–Kier alpha value is -3.77. The number of anilines is 1. The van der Waals surface area contributed by atoms with Gasteiger partial charge in [-0.05, 0) is 43.3 Å². The van der Waals surface area contributed by atoms with E-state index in [1.165, 1.54) is 12.1 Å². The Morgan fingerprint density at radius 1 is 1.19 bits per heavy atom. The lowest BCUT2D eigenvalue weighted by atomic mass is 10.2. The number of nitriles is 1. The van der Waals surface area contributed by atoms with Crippen LogP contribution in [-0.2, 0) is 17.5 Å². The van der Waals surface area contributed by atoms with Crippen LogP contribution < -0.4 is 15.6 Å². The third-order valence-electron chi connectivity index (χ3n) is 4.30. The largest absolute Gasteiger partial charge is 0.451 e. The maximum atomic E-state index is 13.5. The molecule has 0 atom stereocenters. The molecule has 0 radical (unpaired) electrons. The van der Waals surface area contributed by atoms with Crippen molar-refractivity contribution in [2.45, 2.75) is 19.6 Å². The number of ether oxygens (including phenoxy) is 1. The highest BCUT2D eigenvalue weighted by molar-refractivity contribution is 6.30. The summed E-state index contributed by atoms with van der Waals surface area (Å²) in [5, 5.41) is 11.6. The van der Waals surface area contributed by atoms with Crippen molar-refractivity contribution in [2.24, 2.45) is 0 Å². The number of carbonyl (C=O) groups excluding carboxylic acids is 1. The van der Waals surface area contributed by atoms with E-state index in [1.807, 2.05) is 6.92 Å². The number of alkyl halides is 3.